The summed E-state index contributed by atoms with van der Waals surface area (Å²) in [6.45, 7) is 8.02. The van der Waals surface area contributed by atoms with Crippen molar-refractivity contribution >= 4 is 11.8 Å². The molecule has 0 spiro atoms. The zero-order chi connectivity index (χ0) is 18.4. The van der Waals surface area contributed by atoms with Crippen LogP contribution in [0.3, 0.4) is 0 Å². The van der Waals surface area contributed by atoms with Crippen molar-refractivity contribution in [2.75, 3.05) is 26.2 Å². The molecule has 25 heavy (non-hydrogen) atoms. The van der Waals surface area contributed by atoms with Gasteiger partial charge >= 0.3 is 0 Å². The number of phenolic OH excluding ortho intramolecular Hbond substituents is 1. The van der Waals surface area contributed by atoms with E-state index in [2.05, 4.69) is 0 Å². The topological polar surface area (TPSA) is 70.1 Å². The van der Waals surface area contributed by atoms with Gasteiger partial charge < -0.3 is 19.6 Å². The van der Waals surface area contributed by atoms with Crippen LogP contribution in [0.5, 0.6) is 11.5 Å². The highest BCUT2D eigenvalue weighted by atomic mass is 16.5. The molecule has 6 nitrogen and oxygen atoms in total. The van der Waals surface area contributed by atoms with Crippen molar-refractivity contribution < 1.29 is 19.4 Å². The van der Waals surface area contributed by atoms with Gasteiger partial charge in [-0.2, -0.15) is 0 Å². The smallest absolute Gasteiger partial charge is 0.263 e. The molecule has 0 bridgehead atoms. The number of phenols is 1. The van der Waals surface area contributed by atoms with Crippen molar-refractivity contribution in [3.63, 3.8) is 0 Å². The summed E-state index contributed by atoms with van der Waals surface area (Å²) in [5, 5.41) is 9.29. The molecule has 1 saturated heterocycles. The maximum atomic E-state index is 12.5. The minimum absolute atomic E-state index is 0.0808. The molecule has 1 aliphatic heterocycles. The van der Waals surface area contributed by atoms with Crippen LogP contribution in [0.1, 0.15) is 33.6 Å². The van der Waals surface area contributed by atoms with Gasteiger partial charge in [-0.25, -0.2) is 0 Å². The number of nitrogens with zero attached hydrogens (tertiary/aromatic N) is 2. The van der Waals surface area contributed by atoms with Crippen LogP contribution in [-0.4, -0.2) is 59.0 Å². The van der Waals surface area contributed by atoms with Crippen LogP contribution in [0.4, 0.5) is 0 Å². The maximum Gasteiger partial charge on any atom is 0.263 e. The van der Waals surface area contributed by atoms with Crippen LogP contribution in [0.25, 0.3) is 0 Å². The molecule has 1 atom stereocenters. The number of amides is 2. The summed E-state index contributed by atoms with van der Waals surface area (Å²) in [4.78, 5) is 28.6. The van der Waals surface area contributed by atoms with Crippen molar-refractivity contribution in [2.24, 2.45) is 5.92 Å². The average molecular weight is 348 g/mol. The van der Waals surface area contributed by atoms with Crippen molar-refractivity contribution in [3.05, 3.63) is 24.3 Å². The highest BCUT2D eigenvalue weighted by Gasteiger charge is 2.29. The van der Waals surface area contributed by atoms with E-state index in [4.69, 9.17) is 4.74 Å². The van der Waals surface area contributed by atoms with Gasteiger partial charge in [-0.05, 0) is 44.0 Å². The molecule has 6 heteroatoms. The molecule has 1 aliphatic rings. The first-order chi connectivity index (χ1) is 12.0. The summed E-state index contributed by atoms with van der Waals surface area (Å²) < 4.78 is 5.65. The minimum atomic E-state index is -0.606. The summed E-state index contributed by atoms with van der Waals surface area (Å²) in [7, 11) is 0. The van der Waals surface area contributed by atoms with E-state index < -0.39 is 6.10 Å². The van der Waals surface area contributed by atoms with E-state index in [9.17, 15) is 14.7 Å². The Kier molecular flexibility index (Phi) is 6.67. The van der Waals surface area contributed by atoms with E-state index in [1.165, 1.54) is 12.1 Å². The molecule has 1 heterocycles. The quantitative estimate of drug-likeness (QED) is 0.856. The largest absolute Gasteiger partial charge is 0.508 e. The van der Waals surface area contributed by atoms with Crippen LogP contribution in [-0.2, 0) is 9.59 Å². The number of piperazine rings is 1. The highest BCUT2D eigenvalue weighted by molar-refractivity contribution is 5.82. The summed E-state index contributed by atoms with van der Waals surface area (Å²) >= 11 is 0. The molecule has 0 aliphatic carbocycles. The Morgan fingerprint density at radius 3 is 1.96 bits per heavy atom. The lowest BCUT2D eigenvalue weighted by atomic mass is 10.0. The predicted octanol–water partition coefficient (Wildman–Crippen LogP) is 2.27. The van der Waals surface area contributed by atoms with Gasteiger partial charge in [0.1, 0.15) is 11.5 Å². The Morgan fingerprint density at radius 2 is 1.48 bits per heavy atom. The molecule has 0 saturated carbocycles. The molecule has 1 unspecified atom stereocenters. The fraction of sp³-hybridized carbons (Fsp3) is 0.579. The van der Waals surface area contributed by atoms with Gasteiger partial charge in [0.25, 0.3) is 5.91 Å². The zero-order valence-electron chi connectivity index (χ0n) is 15.3. The lowest BCUT2D eigenvalue weighted by Gasteiger charge is -2.37. The van der Waals surface area contributed by atoms with Crippen molar-refractivity contribution in [3.8, 4) is 11.5 Å². The van der Waals surface area contributed by atoms with Gasteiger partial charge in [0.15, 0.2) is 6.10 Å². The number of carbonyl (C=O) groups is 2. The number of hydrogen-bond acceptors (Lipinski definition) is 4. The number of ether oxygens (including phenoxy) is 1. The van der Waals surface area contributed by atoms with Gasteiger partial charge in [-0.3, -0.25) is 9.59 Å². The van der Waals surface area contributed by atoms with Gasteiger partial charge in [0.05, 0.1) is 0 Å². The molecule has 2 rings (SSSR count). The first-order valence-electron chi connectivity index (χ1n) is 8.99. The second kappa shape index (κ2) is 8.74. The van der Waals surface area contributed by atoms with E-state index in [0.717, 1.165) is 12.8 Å². The first kappa shape index (κ1) is 19.1. The number of hydrogen-bond donors (Lipinski definition) is 1. The second-order valence-corrected chi connectivity index (χ2v) is 6.42. The lowest BCUT2D eigenvalue weighted by molar-refractivity contribution is -0.145. The fourth-order valence-electron chi connectivity index (χ4n) is 3.08. The van der Waals surface area contributed by atoms with Gasteiger partial charge in [-0.1, -0.05) is 13.8 Å². The molecule has 1 N–H and O–H groups in total. The van der Waals surface area contributed by atoms with Crippen LogP contribution >= 0.6 is 0 Å². The number of benzene rings is 1. The van der Waals surface area contributed by atoms with E-state index >= 15 is 0 Å². The van der Waals surface area contributed by atoms with Crippen molar-refractivity contribution in [2.45, 2.75) is 39.7 Å². The number of aromatic hydroxyl groups is 1. The molecule has 1 aromatic carbocycles. The molecule has 1 aromatic rings. The van der Waals surface area contributed by atoms with Gasteiger partial charge in [0.2, 0.25) is 5.91 Å². The monoisotopic (exact) mass is 348 g/mol. The van der Waals surface area contributed by atoms with Crippen LogP contribution < -0.4 is 4.74 Å². The van der Waals surface area contributed by atoms with E-state index in [1.54, 1.807) is 24.0 Å². The molecule has 0 radical (unpaired) electrons. The van der Waals surface area contributed by atoms with Crippen molar-refractivity contribution in [1.82, 2.24) is 9.80 Å². The molecule has 138 valence electrons. The molecule has 1 fully saturated rings. The first-order valence-corrected chi connectivity index (χ1v) is 8.99. The van der Waals surface area contributed by atoms with E-state index in [-0.39, 0.29) is 23.5 Å². The minimum Gasteiger partial charge on any atom is -0.508 e. The lowest BCUT2D eigenvalue weighted by Crippen LogP contribution is -2.54. The summed E-state index contributed by atoms with van der Waals surface area (Å²) in [5.74, 6) is 0.901. The average Bonchev–Trinajstić information content (AvgIpc) is 2.64. The Labute approximate surface area is 149 Å². The third-order valence-corrected chi connectivity index (χ3v) is 4.74. The summed E-state index contributed by atoms with van der Waals surface area (Å²) in [6, 6.07) is 6.31. The van der Waals surface area contributed by atoms with Gasteiger partial charge in [0, 0.05) is 32.1 Å². The number of rotatable bonds is 6. The maximum absolute atomic E-state index is 12.5. The van der Waals surface area contributed by atoms with Gasteiger partial charge in [-0.15, -0.1) is 0 Å². The Hall–Kier alpha value is -2.24. The van der Waals surface area contributed by atoms with Crippen molar-refractivity contribution in [1.29, 1.82) is 0 Å². The standard InChI is InChI=1S/C19H28N2O4/c1-4-15(5-2)19(24)21-12-10-20(11-13-21)18(23)14(3)25-17-8-6-16(22)7-9-17/h6-9,14-15,22H,4-5,10-13H2,1-3H3. The Bertz CT molecular complexity index is 576. The molecular formula is C19H28N2O4. The molecular weight excluding hydrogens is 320 g/mol. The second-order valence-electron chi connectivity index (χ2n) is 6.42. The van der Waals surface area contributed by atoms with E-state index in [0.29, 0.717) is 31.9 Å². The highest BCUT2D eigenvalue weighted by Crippen LogP contribution is 2.19. The Morgan fingerprint density at radius 1 is 1.00 bits per heavy atom. The zero-order valence-corrected chi connectivity index (χ0v) is 15.3. The summed E-state index contributed by atoms with van der Waals surface area (Å²) in [6.07, 6.45) is 1.10. The van der Waals surface area contributed by atoms with Crippen LogP contribution in [0, 0.1) is 5.92 Å². The molecule has 2 amide bonds. The third-order valence-electron chi connectivity index (χ3n) is 4.74. The summed E-state index contributed by atoms with van der Waals surface area (Å²) in [5.41, 5.74) is 0. The number of carbonyl (C=O) groups excluding carboxylic acids is 2. The SMILES string of the molecule is CCC(CC)C(=O)N1CCN(C(=O)C(C)Oc2ccc(O)cc2)CC1. The third kappa shape index (κ3) is 4.87. The van der Waals surface area contributed by atoms with E-state index in [1.807, 2.05) is 18.7 Å². The Balaban J connectivity index is 1.86. The molecule has 0 aromatic heterocycles. The fourth-order valence-corrected chi connectivity index (χ4v) is 3.08. The van der Waals surface area contributed by atoms with Crippen LogP contribution in [0.2, 0.25) is 0 Å². The normalized spacial score (nSPS) is 16.0. The van der Waals surface area contributed by atoms with Crippen LogP contribution in [0.15, 0.2) is 24.3 Å². The predicted molar refractivity (Wildman–Crippen MR) is 95.4 cm³/mol.